The summed E-state index contributed by atoms with van der Waals surface area (Å²) < 4.78 is 0. The molecule has 2 heteroatoms. The molecule has 0 bridgehead atoms. The predicted octanol–water partition coefficient (Wildman–Crippen LogP) is 9.00. The van der Waals surface area contributed by atoms with E-state index in [0.717, 1.165) is 39.7 Å². The van der Waals surface area contributed by atoms with Crippen LogP contribution in [0.25, 0.3) is 23.3 Å². The van der Waals surface area contributed by atoms with Crippen molar-refractivity contribution >= 4 is 29.6 Å². The van der Waals surface area contributed by atoms with Crippen LogP contribution in [0.4, 0.5) is 0 Å². The normalized spacial score (nSPS) is 11.8. The molecule has 0 heterocycles. The van der Waals surface area contributed by atoms with Crippen molar-refractivity contribution in [3.63, 3.8) is 0 Å². The third kappa shape index (κ3) is 5.97. The van der Waals surface area contributed by atoms with E-state index < -0.39 is 0 Å². The lowest BCUT2D eigenvalue weighted by Gasteiger charge is -2.13. The molecule has 0 saturated heterocycles. The minimum Gasteiger partial charge on any atom is -0.507 e. The van der Waals surface area contributed by atoms with Crippen LogP contribution >= 0.6 is 0 Å². The highest BCUT2D eigenvalue weighted by atomic mass is 16.3. The van der Waals surface area contributed by atoms with Crippen LogP contribution < -0.4 is 0 Å². The zero-order valence-electron chi connectivity index (χ0n) is 22.1. The standard InChI is InChI=1S/C37H30O2/c1-26-13-17-30(18-14-26)35(28-9-5-3-6-10-28)22-32-24-37(39)33(21-34(32)25-38)23-36(29-11-7-4-8-12-29)31-19-15-27(2)16-20-31/h3-25,39H,1-2H3/b35-22+,36-23+. The van der Waals surface area contributed by atoms with Gasteiger partial charge in [0.2, 0.25) is 0 Å². The number of carbonyl (C=O) groups excluding carboxylic acids is 1. The van der Waals surface area contributed by atoms with Crippen LogP contribution in [0.5, 0.6) is 5.75 Å². The van der Waals surface area contributed by atoms with Gasteiger partial charge in [-0.05, 0) is 77.1 Å². The third-order valence-electron chi connectivity index (χ3n) is 6.85. The second-order valence-corrected chi connectivity index (χ2v) is 9.74. The lowest BCUT2D eigenvalue weighted by atomic mass is 9.91. The van der Waals surface area contributed by atoms with Gasteiger partial charge in [0, 0.05) is 11.1 Å². The van der Waals surface area contributed by atoms with E-state index >= 15 is 0 Å². The largest absolute Gasteiger partial charge is 0.507 e. The van der Waals surface area contributed by atoms with Crippen LogP contribution in [0.1, 0.15) is 54.9 Å². The Balaban J connectivity index is 1.65. The zero-order valence-corrected chi connectivity index (χ0v) is 22.1. The highest BCUT2D eigenvalue weighted by Gasteiger charge is 2.13. The maximum Gasteiger partial charge on any atom is 0.150 e. The van der Waals surface area contributed by atoms with Gasteiger partial charge in [0.25, 0.3) is 0 Å². The van der Waals surface area contributed by atoms with Crippen molar-refractivity contribution in [1.82, 2.24) is 0 Å². The Morgan fingerprint density at radius 1 is 0.513 bits per heavy atom. The molecule has 39 heavy (non-hydrogen) atoms. The number of phenolic OH excluding ortho intramolecular Hbond substituents is 1. The summed E-state index contributed by atoms with van der Waals surface area (Å²) >= 11 is 0. The summed E-state index contributed by atoms with van der Waals surface area (Å²) in [6, 6.07) is 40.3. The highest BCUT2D eigenvalue weighted by Crippen LogP contribution is 2.33. The smallest absolute Gasteiger partial charge is 0.150 e. The van der Waals surface area contributed by atoms with E-state index in [9.17, 15) is 9.90 Å². The maximum atomic E-state index is 12.3. The Morgan fingerprint density at radius 3 is 1.36 bits per heavy atom. The van der Waals surface area contributed by atoms with Gasteiger partial charge in [0.1, 0.15) is 5.75 Å². The first-order valence-electron chi connectivity index (χ1n) is 13.0. The first kappa shape index (κ1) is 25.7. The molecule has 5 rings (SSSR count). The highest BCUT2D eigenvalue weighted by molar-refractivity contribution is 5.97. The van der Waals surface area contributed by atoms with Gasteiger partial charge in [-0.3, -0.25) is 4.79 Å². The van der Waals surface area contributed by atoms with E-state index in [-0.39, 0.29) is 5.75 Å². The summed E-state index contributed by atoms with van der Waals surface area (Å²) in [5, 5.41) is 11.2. The van der Waals surface area contributed by atoms with Crippen LogP contribution in [0.15, 0.2) is 121 Å². The second kappa shape index (κ2) is 11.6. The lowest BCUT2D eigenvalue weighted by molar-refractivity contribution is 0.112. The fraction of sp³-hybridized carbons (Fsp3) is 0.0541. The number of benzene rings is 5. The molecule has 0 atom stereocenters. The summed E-state index contributed by atoms with van der Waals surface area (Å²) in [7, 11) is 0. The molecule has 1 N–H and O–H groups in total. The molecule has 5 aromatic rings. The predicted molar refractivity (Wildman–Crippen MR) is 163 cm³/mol. The molecule has 0 amide bonds. The summed E-state index contributed by atoms with van der Waals surface area (Å²) in [4.78, 5) is 12.3. The molecular formula is C37H30O2. The number of aromatic hydroxyl groups is 1. The van der Waals surface area contributed by atoms with Crippen molar-refractivity contribution < 1.29 is 9.90 Å². The fourth-order valence-electron chi connectivity index (χ4n) is 4.66. The average Bonchev–Trinajstić information content (AvgIpc) is 2.97. The minimum atomic E-state index is 0.115. The number of hydrogen-bond acceptors (Lipinski definition) is 2. The first-order chi connectivity index (χ1) is 19.0. The van der Waals surface area contributed by atoms with Gasteiger partial charge in [-0.25, -0.2) is 0 Å². The molecule has 0 spiro atoms. The van der Waals surface area contributed by atoms with Crippen LogP contribution in [-0.4, -0.2) is 11.4 Å². The summed E-state index contributed by atoms with van der Waals surface area (Å²) in [6.45, 7) is 4.12. The lowest BCUT2D eigenvalue weighted by Crippen LogP contribution is -1.94. The van der Waals surface area contributed by atoms with E-state index in [2.05, 4.69) is 74.5 Å². The molecule has 190 valence electrons. The van der Waals surface area contributed by atoms with Crippen molar-refractivity contribution in [3.8, 4) is 5.75 Å². The Morgan fingerprint density at radius 2 is 0.923 bits per heavy atom. The summed E-state index contributed by atoms with van der Waals surface area (Å²) in [5.41, 5.74) is 10.2. The molecule has 5 aromatic carbocycles. The van der Waals surface area contributed by atoms with Gasteiger partial charge in [0.05, 0.1) is 0 Å². The van der Waals surface area contributed by atoms with Crippen LogP contribution in [0.3, 0.4) is 0 Å². The second-order valence-electron chi connectivity index (χ2n) is 9.74. The number of rotatable bonds is 7. The summed E-state index contributed by atoms with van der Waals surface area (Å²) in [5.74, 6) is 0.115. The fourth-order valence-corrected chi connectivity index (χ4v) is 4.66. The molecular weight excluding hydrogens is 476 g/mol. The van der Waals surface area contributed by atoms with Crippen LogP contribution in [0.2, 0.25) is 0 Å². The van der Waals surface area contributed by atoms with E-state index in [4.69, 9.17) is 0 Å². The molecule has 0 aliphatic carbocycles. The number of aryl methyl sites for hydroxylation is 2. The number of phenols is 1. The van der Waals surface area contributed by atoms with Gasteiger partial charge in [0.15, 0.2) is 6.29 Å². The van der Waals surface area contributed by atoms with Gasteiger partial charge in [-0.1, -0.05) is 120 Å². The van der Waals surface area contributed by atoms with E-state index in [1.807, 2.05) is 60.7 Å². The number of aldehydes is 1. The number of carbonyl (C=O) groups is 1. The molecule has 0 radical (unpaired) electrons. The van der Waals surface area contributed by atoms with Gasteiger partial charge in [-0.15, -0.1) is 0 Å². The first-order valence-corrected chi connectivity index (χ1v) is 13.0. The van der Waals surface area contributed by atoms with Crippen LogP contribution in [-0.2, 0) is 0 Å². The van der Waals surface area contributed by atoms with Crippen LogP contribution in [0, 0.1) is 13.8 Å². The Kier molecular flexibility index (Phi) is 7.65. The van der Waals surface area contributed by atoms with E-state index in [1.54, 1.807) is 12.1 Å². The van der Waals surface area contributed by atoms with Gasteiger partial charge >= 0.3 is 0 Å². The minimum absolute atomic E-state index is 0.115. The SMILES string of the molecule is Cc1ccc(/C(=C/c2cc(C=O)c(/C=C(\c3ccccc3)c3ccc(C)cc3)cc2O)c2ccccc2)cc1. The van der Waals surface area contributed by atoms with E-state index in [1.165, 1.54) is 11.1 Å². The Hall–Kier alpha value is -4.95. The Labute approximate surface area is 230 Å². The average molecular weight is 507 g/mol. The van der Waals surface area contributed by atoms with Gasteiger partial charge in [-0.2, -0.15) is 0 Å². The zero-order chi connectivity index (χ0) is 27.2. The number of hydrogen-bond donors (Lipinski definition) is 1. The van der Waals surface area contributed by atoms with Crippen molar-refractivity contribution in [1.29, 1.82) is 0 Å². The topological polar surface area (TPSA) is 37.3 Å². The van der Waals surface area contributed by atoms with Crippen molar-refractivity contribution in [2.75, 3.05) is 0 Å². The van der Waals surface area contributed by atoms with Crippen molar-refractivity contribution in [2.24, 2.45) is 0 Å². The maximum absolute atomic E-state index is 12.3. The Bertz CT molecular complexity index is 1640. The molecule has 0 aliphatic rings. The molecule has 0 fully saturated rings. The van der Waals surface area contributed by atoms with Crippen molar-refractivity contribution in [3.05, 3.63) is 171 Å². The molecule has 0 aliphatic heterocycles. The summed E-state index contributed by atoms with van der Waals surface area (Å²) in [6.07, 6.45) is 4.79. The molecule has 0 unspecified atom stereocenters. The quantitative estimate of drug-likeness (QED) is 0.177. The molecule has 0 saturated carbocycles. The molecule has 0 aromatic heterocycles. The van der Waals surface area contributed by atoms with E-state index in [0.29, 0.717) is 16.7 Å². The third-order valence-corrected chi connectivity index (χ3v) is 6.85. The monoisotopic (exact) mass is 506 g/mol. The molecule has 2 nitrogen and oxygen atoms in total. The van der Waals surface area contributed by atoms with Crippen molar-refractivity contribution in [2.45, 2.75) is 13.8 Å². The van der Waals surface area contributed by atoms with Gasteiger partial charge < -0.3 is 5.11 Å².